The van der Waals surface area contributed by atoms with E-state index < -0.39 is 0 Å². The molecule has 1 aromatic heterocycles. The number of aromatic nitrogens is 1. The fraction of sp³-hybridized carbons (Fsp3) is 0.333. The van der Waals surface area contributed by atoms with Crippen LogP contribution < -0.4 is 5.73 Å². The standard InChI is InChI=1S/C18H21N3O3/c19-8-7-16-12-21(9-10-24-16)18(23)14-3-1-13(2-4-14)17-6-5-15(22)11-20-17/h1-6,11,16,22H,7-10,12,19H2/t16-/m0/s1. The summed E-state index contributed by atoms with van der Waals surface area (Å²) < 4.78 is 5.62. The van der Waals surface area contributed by atoms with Gasteiger partial charge in [-0.2, -0.15) is 0 Å². The monoisotopic (exact) mass is 327 g/mol. The van der Waals surface area contributed by atoms with Crippen LogP contribution in [0.4, 0.5) is 0 Å². The van der Waals surface area contributed by atoms with Crippen molar-refractivity contribution in [1.29, 1.82) is 0 Å². The van der Waals surface area contributed by atoms with Crippen LogP contribution in [0.5, 0.6) is 5.75 Å². The van der Waals surface area contributed by atoms with Crippen molar-refractivity contribution in [3.63, 3.8) is 0 Å². The van der Waals surface area contributed by atoms with Gasteiger partial charge in [-0.05, 0) is 37.2 Å². The number of amides is 1. The molecule has 0 saturated carbocycles. The third kappa shape index (κ3) is 3.72. The molecule has 24 heavy (non-hydrogen) atoms. The lowest BCUT2D eigenvalue weighted by atomic mass is 10.1. The van der Waals surface area contributed by atoms with Crippen LogP contribution in [0.3, 0.4) is 0 Å². The summed E-state index contributed by atoms with van der Waals surface area (Å²) in [6.45, 7) is 2.28. The Morgan fingerprint density at radius 2 is 2.08 bits per heavy atom. The number of aromatic hydroxyl groups is 1. The van der Waals surface area contributed by atoms with E-state index in [-0.39, 0.29) is 17.8 Å². The first-order valence-electron chi connectivity index (χ1n) is 8.04. The van der Waals surface area contributed by atoms with Crippen molar-refractivity contribution in [2.75, 3.05) is 26.2 Å². The molecule has 1 atom stereocenters. The zero-order valence-corrected chi connectivity index (χ0v) is 13.4. The number of carbonyl (C=O) groups excluding carboxylic acids is 1. The van der Waals surface area contributed by atoms with Gasteiger partial charge in [-0.25, -0.2) is 0 Å². The second kappa shape index (κ2) is 7.42. The predicted octanol–water partition coefficient (Wildman–Crippen LogP) is 1.64. The third-order valence-corrected chi connectivity index (χ3v) is 4.09. The zero-order valence-electron chi connectivity index (χ0n) is 13.4. The molecule has 0 aliphatic carbocycles. The molecule has 1 amide bonds. The van der Waals surface area contributed by atoms with Crippen LogP contribution in [0.15, 0.2) is 42.6 Å². The van der Waals surface area contributed by atoms with E-state index >= 15 is 0 Å². The van der Waals surface area contributed by atoms with Gasteiger partial charge in [-0.15, -0.1) is 0 Å². The first-order chi connectivity index (χ1) is 11.7. The van der Waals surface area contributed by atoms with E-state index in [0.29, 0.717) is 31.8 Å². The molecule has 0 radical (unpaired) electrons. The lowest BCUT2D eigenvalue weighted by molar-refractivity contribution is -0.0236. The number of nitrogens with two attached hydrogens (primary N) is 1. The number of rotatable bonds is 4. The van der Waals surface area contributed by atoms with Crippen molar-refractivity contribution in [3.8, 4) is 17.0 Å². The normalized spacial score (nSPS) is 17.7. The topological polar surface area (TPSA) is 88.7 Å². The highest BCUT2D eigenvalue weighted by atomic mass is 16.5. The molecule has 2 heterocycles. The summed E-state index contributed by atoms with van der Waals surface area (Å²) in [6.07, 6.45) is 2.18. The Bertz CT molecular complexity index is 684. The number of hydrogen-bond donors (Lipinski definition) is 2. The molecule has 1 fully saturated rings. The summed E-state index contributed by atoms with van der Waals surface area (Å²) in [4.78, 5) is 18.6. The van der Waals surface area contributed by atoms with Gasteiger partial charge in [-0.1, -0.05) is 12.1 Å². The highest BCUT2D eigenvalue weighted by Gasteiger charge is 2.24. The molecule has 0 bridgehead atoms. The molecule has 0 spiro atoms. The van der Waals surface area contributed by atoms with E-state index in [1.807, 2.05) is 17.0 Å². The quantitative estimate of drug-likeness (QED) is 0.891. The summed E-state index contributed by atoms with van der Waals surface area (Å²) in [5.74, 6) is 0.135. The van der Waals surface area contributed by atoms with E-state index in [9.17, 15) is 9.90 Å². The lowest BCUT2D eigenvalue weighted by Crippen LogP contribution is -2.46. The number of pyridine rings is 1. The summed E-state index contributed by atoms with van der Waals surface area (Å²) in [7, 11) is 0. The first-order valence-corrected chi connectivity index (χ1v) is 8.04. The number of ether oxygens (including phenoxy) is 1. The molecule has 6 heteroatoms. The summed E-state index contributed by atoms with van der Waals surface area (Å²) in [5, 5.41) is 9.29. The van der Waals surface area contributed by atoms with E-state index in [4.69, 9.17) is 10.5 Å². The average molecular weight is 327 g/mol. The zero-order chi connectivity index (χ0) is 16.9. The maximum Gasteiger partial charge on any atom is 0.254 e. The molecule has 1 aliphatic heterocycles. The Kier molecular flexibility index (Phi) is 5.08. The molecule has 3 rings (SSSR count). The smallest absolute Gasteiger partial charge is 0.254 e. The number of carbonyl (C=O) groups is 1. The number of nitrogens with zero attached hydrogens (tertiary/aromatic N) is 2. The molecule has 2 aromatic rings. The fourth-order valence-electron chi connectivity index (χ4n) is 2.79. The molecular weight excluding hydrogens is 306 g/mol. The maximum atomic E-state index is 12.6. The van der Waals surface area contributed by atoms with Gasteiger partial charge in [-0.3, -0.25) is 9.78 Å². The van der Waals surface area contributed by atoms with Crippen molar-refractivity contribution in [3.05, 3.63) is 48.2 Å². The van der Waals surface area contributed by atoms with Crippen molar-refractivity contribution in [2.45, 2.75) is 12.5 Å². The molecule has 1 aliphatic rings. The van der Waals surface area contributed by atoms with Gasteiger partial charge in [0.05, 0.1) is 24.6 Å². The highest BCUT2D eigenvalue weighted by Crippen LogP contribution is 2.20. The number of morpholine rings is 1. The van der Waals surface area contributed by atoms with Crippen molar-refractivity contribution < 1.29 is 14.6 Å². The van der Waals surface area contributed by atoms with E-state index in [1.54, 1.807) is 24.3 Å². The largest absolute Gasteiger partial charge is 0.506 e. The summed E-state index contributed by atoms with van der Waals surface area (Å²) in [5.41, 5.74) is 7.86. The Hall–Kier alpha value is -2.44. The maximum absolute atomic E-state index is 12.6. The Labute approximate surface area is 140 Å². The van der Waals surface area contributed by atoms with Gasteiger partial charge in [0.2, 0.25) is 0 Å². The second-order valence-corrected chi connectivity index (χ2v) is 5.80. The molecule has 3 N–H and O–H groups in total. The predicted molar refractivity (Wildman–Crippen MR) is 90.7 cm³/mol. The highest BCUT2D eigenvalue weighted by molar-refractivity contribution is 5.94. The minimum absolute atomic E-state index is 0.00513. The molecular formula is C18H21N3O3. The van der Waals surface area contributed by atoms with Crippen molar-refractivity contribution in [2.24, 2.45) is 5.73 Å². The Morgan fingerprint density at radius 3 is 2.75 bits per heavy atom. The van der Waals surface area contributed by atoms with Crippen LogP contribution in [0.2, 0.25) is 0 Å². The average Bonchev–Trinajstić information content (AvgIpc) is 2.62. The van der Waals surface area contributed by atoms with Crippen molar-refractivity contribution in [1.82, 2.24) is 9.88 Å². The molecule has 1 aromatic carbocycles. The Balaban J connectivity index is 1.70. The lowest BCUT2D eigenvalue weighted by Gasteiger charge is -2.33. The van der Waals surface area contributed by atoms with Crippen LogP contribution in [-0.4, -0.2) is 53.2 Å². The van der Waals surface area contributed by atoms with E-state index in [0.717, 1.165) is 17.7 Å². The minimum atomic E-state index is 0.00513. The Morgan fingerprint density at radius 1 is 1.29 bits per heavy atom. The van der Waals surface area contributed by atoms with Gasteiger partial charge < -0.3 is 20.5 Å². The minimum Gasteiger partial charge on any atom is -0.506 e. The van der Waals surface area contributed by atoms with Crippen LogP contribution >= 0.6 is 0 Å². The summed E-state index contributed by atoms with van der Waals surface area (Å²) in [6, 6.07) is 10.7. The molecule has 0 unspecified atom stereocenters. The van der Waals surface area contributed by atoms with Gasteiger partial charge in [0, 0.05) is 24.2 Å². The molecule has 6 nitrogen and oxygen atoms in total. The fourth-order valence-corrected chi connectivity index (χ4v) is 2.79. The number of hydrogen-bond acceptors (Lipinski definition) is 5. The third-order valence-electron chi connectivity index (χ3n) is 4.09. The molecule has 1 saturated heterocycles. The van der Waals surface area contributed by atoms with Gasteiger partial charge >= 0.3 is 0 Å². The first kappa shape index (κ1) is 16.4. The van der Waals surface area contributed by atoms with Gasteiger partial charge in [0.15, 0.2) is 0 Å². The van der Waals surface area contributed by atoms with E-state index in [1.165, 1.54) is 6.20 Å². The van der Waals surface area contributed by atoms with Crippen molar-refractivity contribution >= 4 is 5.91 Å². The van der Waals surface area contributed by atoms with Gasteiger partial charge in [0.1, 0.15) is 5.75 Å². The van der Waals surface area contributed by atoms with Gasteiger partial charge in [0.25, 0.3) is 5.91 Å². The van der Waals surface area contributed by atoms with Crippen LogP contribution in [0.1, 0.15) is 16.8 Å². The van der Waals surface area contributed by atoms with Crippen LogP contribution in [0.25, 0.3) is 11.3 Å². The molecule has 126 valence electrons. The second-order valence-electron chi connectivity index (χ2n) is 5.80. The van der Waals surface area contributed by atoms with Crippen LogP contribution in [0, 0.1) is 0 Å². The SMILES string of the molecule is NCC[C@H]1CN(C(=O)c2ccc(-c3ccc(O)cn3)cc2)CCO1. The van der Waals surface area contributed by atoms with E-state index in [2.05, 4.69) is 4.98 Å². The summed E-state index contributed by atoms with van der Waals surface area (Å²) >= 11 is 0. The van der Waals surface area contributed by atoms with Crippen LogP contribution in [-0.2, 0) is 4.74 Å². The number of benzene rings is 1.